The van der Waals surface area contributed by atoms with Crippen molar-refractivity contribution in [3.8, 4) is 0 Å². The normalized spacial score (nSPS) is 22.9. The first-order valence-electron chi connectivity index (χ1n) is 7.12. The molecule has 2 heterocycles. The van der Waals surface area contributed by atoms with E-state index in [1.54, 1.807) is 10.6 Å². The predicted octanol–water partition coefficient (Wildman–Crippen LogP) is 3.02. The highest BCUT2D eigenvalue weighted by molar-refractivity contribution is 5.93. The van der Waals surface area contributed by atoms with E-state index in [0.717, 1.165) is 18.8 Å². The zero-order chi connectivity index (χ0) is 14.1. The molecule has 2 aromatic heterocycles. The number of aromatic carboxylic acids is 1. The maximum Gasteiger partial charge on any atom is 0.356 e. The number of hydrogen-bond acceptors (Lipinski definition) is 3. The van der Waals surface area contributed by atoms with E-state index in [0.29, 0.717) is 17.5 Å². The Kier molecular flexibility index (Phi) is 3.34. The molecule has 2 aromatic rings. The van der Waals surface area contributed by atoms with Crippen LogP contribution in [0.2, 0.25) is 0 Å². The van der Waals surface area contributed by atoms with Gasteiger partial charge in [0.15, 0.2) is 11.5 Å². The molecule has 1 aliphatic carbocycles. The quantitative estimate of drug-likeness (QED) is 0.902. The number of carboxylic acid groups (broad SMARTS) is 1. The minimum atomic E-state index is -0.949. The molecule has 0 atom stereocenters. The first-order valence-corrected chi connectivity index (χ1v) is 7.12. The maximum absolute atomic E-state index is 11.5. The number of pyridine rings is 1. The molecule has 2 N–H and O–H groups in total. The van der Waals surface area contributed by atoms with Gasteiger partial charge >= 0.3 is 5.97 Å². The highest BCUT2D eigenvalue weighted by atomic mass is 16.4. The van der Waals surface area contributed by atoms with Crippen LogP contribution in [-0.2, 0) is 0 Å². The lowest BCUT2D eigenvalue weighted by Crippen LogP contribution is -2.26. The molecule has 5 nitrogen and oxygen atoms in total. The van der Waals surface area contributed by atoms with Crippen LogP contribution in [0.15, 0.2) is 24.4 Å². The summed E-state index contributed by atoms with van der Waals surface area (Å²) in [5.41, 5.74) is 0.885. The van der Waals surface area contributed by atoms with Crippen LogP contribution in [0.5, 0.6) is 0 Å². The Morgan fingerprint density at radius 1 is 1.35 bits per heavy atom. The van der Waals surface area contributed by atoms with Gasteiger partial charge in [0.25, 0.3) is 0 Å². The number of carbonyl (C=O) groups is 1. The summed E-state index contributed by atoms with van der Waals surface area (Å²) >= 11 is 0. The second-order valence-electron chi connectivity index (χ2n) is 5.64. The van der Waals surface area contributed by atoms with E-state index < -0.39 is 5.97 Å². The number of rotatable bonds is 3. The van der Waals surface area contributed by atoms with Gasteiger partial charge in [0.1, 0.15) is 5.65 Å². The fourth-order valence-electron chi connectivity index (χ4n) is 2.90. The first-order chi connectivity index (χ1) is 9.65. The summed E-state index contributed by atoms with van der Waals surface area (Å²) in [5, 5.41) is 12.8. The highest BCUT2D eigenvalue weighted by Crippen LogP contribution is 2.27. The molecule has 3 rings (SSSR count). The van der Waals surface area contributed by atoms with Crippen LogP contribution < -0.4 is 5.32 Å². The van der Waals surface area contributed by atoms with E-state index in [2.05, 4.69) is 17.2 Å². The van der Waals surface area contributed by atoms with Crippen LogP contribution in [-0.4, -0.2) is 26.5 Å². The zero-order valence-corrected chi connectivity index (χ0v) is 11.5. The number of hydrogen-bond donors (Lipinski definition) is 2. The van der Waals surface area contributed by atoms with Crippen molar-refractivity contribution < 1.29 is 9.90 Å². The lowest BCUT2D eigenvalue weighted by Gasteiger charge is -2.27. The average Bonchev–Trinajstić information content (AvgIpc) is 2.79. The Morgan fingerprint density at radius 2 is 2.10 bits per heavy atom. The maximum atomic E-state index is 11.5. The van der Waals surface area contributed by atoms with Crippen molar-refractivity contribution >= 4 is 17.4 Å². The van der Waals surface area contributed by atoms with Gasteiger partial charge in [-0.2, -0.15) is 0 Å². The molecule has 20 heavy (non-hydrogen) atoms. The Morgan fingerprint density at radius 3 is 2.80 bits per heavy atom. The van der Waals surface area contributed by atoms with Gasteiger partial charge in [-0.25, -0.2) is 9.78 Å². The van der Waals surface area contributed by atoms with E-state index >= 15 is 0 Å². The Bertz CT molecular complexity index is 627. The van der Waals surface area contributed by atoms with Crippen LogP contribution in [0.4, 0.5) is 5.82 Å². The number of carboxylic acids is 1. The number of fused-ring (bicyclic) bond motifs is 1. The third kappa shape index (κ3) is 2.35. The van der Waals surface area contributed by atoms with Crippen LogP contribution in [0.1, 0.15) is 43.1 Å². The van der Waals surface area contributed by atoms with Gasteiger partial charge in [0, 0.05) is 12.2 Å². The van der Waals surface area contributed by atoms with Crippen LogP contribution in [0.3, 0.4) is 0 Å². The van der Waals surface area contributed by atoms with Crippen molar-refractivity contribution in [2.24, 2.45) is 5.92 Å². The molecule has 106 valence electrons. The molecule has 5 heteroatoms. The van der Waals surface area contributed by atoms with Crippen molar-refractivity contribution in [3.05, 3.63) is 30.1 Å². The molecule has 1 aliphatic rings. The molecule has 0 bridgehead atoms. The van der Waals surface area contributed by atoms with Crippen molar-refractivity contribution in [2.75, 3.05) is 5.32 Å². The fourth-order valence-corrected chi connectivity index (χ4v) is 2.90. The fraction of sp³-hybridized carbons (Fsp3) is 0.467. The summed E-state index contributed by atoms with van der Waals surface area (Å²) in [6.07, 6.45) is 6.27. The summed E-state index contributed by atoms with van der Waals surface area (Å²) in [7, 11) is 0. The molecule has 1 saturated carbocycles. The zero-order valence-electron chi connectivity index (χ0n) is 11.5. The summed E-state index contributed by atoms with van der Waals surface area (Å²) in [6, 6.07) is 5.82. The van der Waals surface area contributed by atoms with E-state index in [1.807, 2.05) is 18.2 Å². The number of aromatic nitrogens is 2. The summed E-state index contributed by atoms with van der Waals surface area (Å²) in [5.74, 6) is 0.312. The Hall–Kier alpha value is -2.04. The van der Waals surface area contributed by atoms with E-state index in [1.165, 1.54) is 12.8 Å². The molecule has 0 radical (unpaired) electrons. The molecular weight excluding hydrogens is 254 g/mol. The summed E-state index contributed by atoms with van der Waals surface area (Å²) < 4.78 is 1.62. The highest BCUT2D eigenvalue weighted by Gasteiger charge is 2.23. The van der Waals surface area contributed by atoms with E-state index in [4.69, 9.17) is 0 Å². The number of nitrogens with one attached hydrogen (secondary N) is 1. The Balaban J connectivity index is 1.90. The van der Waals surface area contributed by atoms with Gasteiger partial charge in [-0.15, -0.1) is 0 Å². The van der Waals surface area contributed by atoms with Crippen molar-refractivity contribution in [2.45, 2.75) is 38.6 Å². The largest absolute Gasteiger partial charge is 0.476 e. The SMILES string of the molecule is CC1CCC(Nc2nc3ccccn3c2C(=O)O)CC1. The van der Waals surface area contributed by atoms with E-state index in [9.17, 15) is 9.90 Å². The summed E-state index contributed by atoms with van der Waals surface area (Å²) in [4.78, 5) is 15.9. The lowest BCUT2D eigenvalue weighted by molar-refractivity contribution is 0.0690. The van der Waals surface area contributed by atoms with E-state index in [-0.39, 0.29) is 5.69 Å². The number of nitrogens with zero attached hydrogens (tertiary/aromatic N) is 2. The van der Waals surface area contributed by atoms with Gasteiger partial charge in [-0.3, -0.25) is 4.40 Å². The van der Waals surface area contributed by atoms with Gasteiger partial charge in [0.05, 0.1) is 0 Å². The third-order valence-electron chi connectivity index (χ3n) is 4.09. The molecule has 0 spiro atoms. The van der Waals surface area contributed by atoms with Crippen LogP contribution in [0.25, 0.3) is 5.65 Å². The summed E-state index contributed by atoms with van der Waals surface area (Å²) in [6.45, 7) is 2.27. The number of imidazole rings is 1. The Labute approximate surface area is 117 Å². The van der Waals surface area contributed by atoms with Gasteiger partial charge in [-0.05, 0) is 43.7 Å². The third-order valence-corrected chi connectivity index (χ3v) is 4.09. The lowest BCUT2D eigenvalue weighted by atomic mass is 9.87. The standard InChI is InChI=1S/C15H19N3O2/c1-10-5-7-11(8-6-10)16-14-13(15(19)20)18-9-3-2-4-12(18)17-14/h2-4,9-11,16H,5-8H2,1H3,(H,19,20). The molecule has 0 aliphatic heterocycles. The average molecular weight is 273 g/mol. The van der Waals surface area contributed by atoms with Crippen molar-refractivity contribution in [3.63, 3.8) is 0 Å². The van der Waals surface area contributed by atoms with Crippen LogP contribution >= 0.6 is 0 Å². The smallest absolute Gasteiger partial charge is 0.356 e. The van der Waals surface area contributed by atoms with Gasteiger partial charge in [-0.1, -0.05) is 13.0 Å². The predicted molar refractivity (Wildman–Crippen MR) is 77.2 cm³/mol. The minimum absolute atomic E-state index is 0.222. The molecule has 0 aromatic carbocycles. The number of anilines is 1. The van der Waals surface area contributed by atoms with Gasteiger partial charge in [0.2, 0.25) is 0 Å². The van der Waals surface area contributed by atoms with Crippen molar-refractivity contribution in [1.29, 1.82) is 0 Å². The molecule has 0 amide bonds. The molecular formula is C15H19N3O2. The minimum Gasteiger partial charge on any atom is -0.476 e. The van der Waals surface area contributed by atoms with Crippen LogP contribution in [0, 0.1) is 5.92 Å². The monoisotopic (exact) mass is 273 g/mol. The molecule has 0 saturated heterocycles. The molecule has 1 fully saturated rings. The second-order valence-corrected chi connectivity index (χ2v) is 5.64. The topological polar surface area (TPSA) is 66.6 Å². The first kappa shape index (κ1) is 13.0. The molecule has 0 unspecified atom stereocenters. The second kappa shape index (κ2) is 5.15. The van der Waals surface area contributed by atoms with Crippen molar-refractivity contribution in [1.82, 2.24) is 9.38 Å². The van der Waals surface area contributed by atoms with Gasteiger partial charge < -0.3 is 10.4 Å².